The summed E-state index contributed by atoms with van der Waals surface area (Å²) in [5, 5.41) is 5.96. The van der Waals surface area contributed by atoms with E-state index in [-0.39, 0.29) is 17.4 Å². The number of halogens is 1. The first-order chi connectivity index (χ1) is 12.2. The number of hydrogen-bond acceptors (Lipinski definition) is 4. The van der Waals surface area contributed by atoms with Crippen LogP contribution in [0.15, 0.2) is 30.5 Å². The Kier molecular flexibility index (Phi) is 4.36. The fourth-order valence-corrected chi connectivity index (χ4v) is 3.57. The second-order valence-corrected chi connectivity index (χ2v) is 6.51. The van der Waals surface area contributed by atoms with Gasteiger partial charge in [-0.25, -0.2) is 9.37 Å². The highest BCUT2D eigenvalue weighted by molar-refractivity contribution is 6.07. The maximum absolute atomic E-state index is 14.8. The van der Waals surface area contributed by atoms with Crippen molar-refractivity contribution < 1.29 is 9.18 Å². The molecule has 2 aromatic rings. The van der Waals surface area contributed by atoms with Crippen molar-refractivity contribution in [3.8, 4) is 0 Å². The molecule has 0 atom stereocenters. The number of benzene rings is 1. The summed E-state index contributed by atoms with van der Waals surface area (Å²) in [6.07, 6.45) is 4.53. The number of carbonyl (C=O) groups is 1. The van der Waals surface area contributed by atoms with E-state index in [9.17, 15) is 9.18 Å². The third kappa shape index (κ3) is 3.09. The maximum Gasteiger partial charge on any atom is 0.259 e. The Morgan fingerprint density at radius 3 is 2.92 bits per heavy atom. The first-order valence-corrected chi connectivity index (χ1v) is 8.76. The van der Waals surface area contributed by atoms with Crippen LogP contribution >= 0.6 is 0 Å². The van der Waals surface area contributed by atoms with Gasteiger partial charge in [-0.1, -0.05) is 6.07 Å². The molecule has 1 aromatic carbocycles. The zero-order chi connectivity index (χ0) is 17.2. The van der Waals surface area contributed by atoms with E-state index in [0.717, 1.165) is 38.0 Å². The van der Waals surface area contributed by atoms with E-state index >= 15 is 0 Å². The molecule has 2 N–H and O–H groups in total. The summed E-state index contributed by atoms with van der Waals surface area (Å²) in [5.41, 5.74) is 2.38. The van der Waals surface area contributed by atoms with Gasteiger partial charge in [-0.3, -0.25) is 4.79 Å². The number of nitrogens with one attached hydrogen (secondary N) is 2. The number of carbonyl (C=O) groups excluding carboxylic acids is 1. The lowest BCUT2D eigenvalue weighted by atomic mass is 9.99. The molecular formula is C19H21FN4O. The Hall–Kier alpha value is -2.47. The van der Waals surface area contributed by atoms with Gasteiger partial charge in [0.1, 0.15) is 11.6 Å². The first kappa shape index (κ1) is 16.0. The van der Waals surface area contributed by atoms with Gasteiger partial charge in [-0.2, -0.15) is 0 Å². The maximum atomic E-state index is 14.8. The number of amides is 1. The van der Waals surface area contributed by atoms with Crippen molar-refractivity contribution in [3.05, 3.63) is 53.0 Å². The van der Waals surface area contributed by atoms with Crippen LogP contribution in [0.4, 0.5) is 15.9 Å². The van der Waals surface area contributed by atoms with E-state index < -0.39 is 0 Å². The standard InChI is InChI=1S/C19H21FN4O/c20-17-14-7-9-21-12-13(14)5-6-16(17)23-19(25)15-4-3-8-22-18(15)24-10-1-2-11-24/h3-6,8,21H,1-2,7,9-12H2,(H,23,25). The molecular weight excluding hydrogens is 319 g/mol. The van der Waals surface area contributed by atoms with Crippen molar-refractivity contribution in [2.75, 3.05) is 29.9 Å². The number of aromatic nitrogens is 1. The fraction of sp³-hybridized carbons (Fsp3) is 0.368. The van der Waals surface area contributed by atoms with Crippen molar-refractivity contribution in [1.29, 1.82) is 0 Å². The van der Waals surface area contributed by atoms with E-state index in [1.807, 2.05) is 6.07 Å². The number of nitrogens with zero attached hydrogens (tertiary/aromatic N) is 2. The van der Waals surface area contributed by atoms with Crippen LogP contribution in [0.25, 0.3) is 0 Å². The van der Waals surface area contributed by atoms with Crippen LogP contribution < -0.4 is 15.5 Å². The quantitative estimate of drug-likeness (QED) is 0.902. The van der Waals surface area contributed by atoms with Gasteiger partial charge in [0.15, 0.2) is 0 Å². The summed E-state index contributed by atoms with van der Waals surface area (Å²) < 4.78 is 14.8. The molecule has 0 spiro atoms. The number of rotatable bonds is 3. The van der Waals surface area contributed by atoms with E-state index in [1.54, 1.807) is 24.4 Å². The predicted molar refractivity (Wildman–Crippen MR) is 95.4 cm³/mol. The van der Waals surface area contributed by atoms with Gasteiger partial charge in [0.05, 0.1) is 11.3 Å². The summed E-state index contributed by atoms with van der Waals surface area (Å²) in [4.78, 5) is 19.2. The minimum atomic E-state index is -0.320. The molecule has 0 aliphatic carbocycles. The lowest BCUT2D eigenvalue weighted by molar-refractivity contribution is 0.102. The topological polar surface area (TPSA) is 57.3 Å². The second kappa shape index (κ2) is 6.80. The normalized spacial score (nSPS) is 16.6. The van der Waals surface area contributed by atoms with Gasteiger partial charge in [0.25, 0.3) is 5.91 Å². The minimum absolute atomic E-state index is 0.238. The summed E-state index contributed by atoms with van der Waals surface area (Å²) in [6.45, 7) is 3.22. The van der Waals surface area contributed by atoms with Crippen molar-refractivity contribution in [2.24, 2.45) is 0 Å². The lowest BCUT2D eigenvalue weighted by Gasteiger charge is -2.21. The zero-order valence-corrected chi connectivity index (χ0v) is 14.0. The summed E-state index contributed by atoms with van der Waals surface area (Å²) >= 11 is 0. The Morgan fingerprint density at radius 1 is 1.24 bits per heavy atom. The highest BCUT2D eigenvalue weighted by Crippen LogP contribution is 2.27. The molecule has 0 saturated carbocycles. The van der Waals surface area contributed by atoms with Crippen LogP contribution in [0, 0.1) is 5.82 Å². The third-order valence-corrected chi connectivity index (χ3v) is 4.89. The van der Waals surface area contributed by atoms with Gasteiger partial charge < -0.3 is 15.5 Å². The molecule has 1 amide bonds. The van der Waals surface area contributed by atoms with E-state index in [4.69, 9.17) is 0 Å². The van der Waals surface area contributed by atoms with Crippen molar-refractivity contribution >= 4 is 17.4 Å². The van der Waals surface area contributed by atoms with Crippen LogP contribution in [-0.4, -0.2) is 30.5 Å². The highest BCUT2D eigenvalue weighted by atomic mass is 19.1. The van der Waals surface area contributed by atoms with Gasteiger partial charge in [0, 0.05) is 25.8 Å². The molecule has 5 nitrogen and oxygen atoms in total. The van der Waals surface area contributed by atoms with Gasteiger partial charge in [0.2, 0.25) is 0 Å². The van der Waals surface area contributed by atoms with Crippen LogP contribution in [0.2, 0.25) is 0 Å². The molecule has 1 saturated heterocycles. The molecule has 6 heteroatoms. The van der Waals surface area contributed by atoms with Crippen LogP contribution in [0.1, 0.15) is 34.3 Å². The number of anilines is 2. The summed E-state index contributed by atoms with van der Waals surface area (Å²) in [6, 6.07) is 7.01. The van der Waals surface area contributed by atoms with Crippen LogP contribution in [0.3, 0.4) is 0 Å². The van der Waals surface area contributed by atoms with Gasteiger partial charge in [-0.05, 0) is 55.1 Å². The highest BCUT2D eigenvalue weighted by Gasteiger charge is 2.22. The molecule has 130 valence electrons. The average molecular weight is 340 g/mol. The molecule has 0 bridgehead atoms. The van der Waals surface area contributed by atoms with E-state index in [1.165, 1.54) is 0 Å². The molecule has 4 rings (SSSR count). The molecule has 2 aliphatic rings. The number of fused-ring (bicyclic) bond motifs is 1. The summed E-state index contributed by atoms with van der Waals surface area (Å²) in [7, 11) is 0. The van der Waals surface area contributed by atoms with Crippen molar-refractivity contribution in [1.82, 2.24) is 10.3 Å². The van der Waals surface area contributed by atoms with Crippen LogP contribution in [0.5, 0.6) is 0 Å². The molecule has 0 radical (unpaired) electrons. The Labute approximate surface area is 146 Å². The monoisotopic (exact) mass is 340 g/mol. The third-order valence-electron chi connectivity index (χ3n) is 4.89. The smallest absolute Gasteiger partial charge is 0.259 e. The average Bonchev–Trinajstić information content (AvgIpc) is 3.19. The van der Waals surface area contributed by atoms with Crippen molar-refractivity contribution in [2.45, 2.75) is 25.8 Å². The minimum Gasteiger partial charge on any atom is -0.356 e. The Balaban J connectivity index is 1.61. The van der Waals surface area contributed by atoms with E-state index in [2.05, 4.69) is 20.5 Å². The van der Waals surface area contributed by atoms with Crippen molar-refractivity contribution in [3.63, 3.8) is 0 Å². The van der Waals surface area contributed by atoms with Gasteiger partial charge >= 0.3 is 0 Å². The molecule has 3 heterocycles. The van der Waals surface area contributed by atoms with Gasteiger partial charge in [-0.15, -0.1) is 0 Å². The zero-order valence-electron chi connectivity index (χ0n) is 14.0. The molecule has 1 fully saturated rings. The molecule has 1 aromatic heterocycles. The van der Waals surface area contributed by atoms with E-state index in [0.29, 0.717) is 29.9 Å². The lowest BCUT2D eigenvalue weighted by Crippen LogP contribution is -2.26. The van der Waals surface area contributed by atoms with Crippen LogP contribution in [-0.2, 0) is 13.0 Å². The fourth-order valence-electron chi connectivity index (χ4n) is 3.57. The number of hydrogen-bond donors (Lipinski definition) is 2. The SMILES string of the molecule is O=C(Nc1ccc2c(c1F)CCNC2)c1cccnc1N1CCCC1. The first-order valence-electron chi connectivity index (χ1n) is 8.76. The number of pyridine rings is 1. The Morgan fingerprint density at radius 2 is 2.08 bits per heavy atom. The summed E-state index contributed by atoms with van der Waals surface area (Å²) in [5.74, 6) is 0.0433. The second-order valence-electron chi connectivity index (χ2n) is 6.51. The predicted octanol–water partition coefficient (Wildman–Crippen LogP) is 2.72. The Bertz CT molecular complexity index is 802. The molecule has 2 aliphatic heterocycles. The molecule has 0 unspecified atom stereocenters. The molecule has 25 heavy (non-hydrogen) atoms. The largest absolute Gasteiger partial charge is 0.356 e.